The number of aromatic nitrogens is 2. The normalized spacial score (nSPS) is 17.1. The van der Waals surface area contributed by atoms with Crippen LogP contribution in [0.2, 0.25) is 0 Å². The molecule has 2 aromatic carbocycles. The number of halogens is 3. The van der Waals surface area contributed by atoms with E-state index in [-0.39, 0.29) is 47.7 Å². The largest absolute Gasteiger partial charge is 0.497 e. The van der Waals surface area contributed by atoms with Gasteiger partial charge in [0.25, 0.3) is 5.91 Å². The first-order valence-electron chi connectivity index (χ1n) is 11.9. The summed E-state index contributed by atoms with van der Waals surface area (Å²) in [5.74, 6) is -0.904. The lowest BCUT2D eigenvalue weighted by molar-refractivity contribution is -0.141. The van der Waals surface area contributed by atoms with Crippen LogP contribution in [0.1, 0.15) is 51.4 Å². The van der Waals surface area contributed by atoms with Gasteiger partial charge < -0.3 is 24.2 Å². The predicted octanol–water partition coefficient (Wildman–Crippen LogP) is 4.65. The summed E-state index contributed by atoms with van der Waals surface area (Å²) >= 11 is 0. The number of carbonyl (C=O) groups is 2. The molecule has 3 aromatic rings. The van der Waals surface area contributed by atoms with Crippen LogP contribution in [-0.2, 0) is 12.7 Å². The molecule has 2 aliphatic rings. The molecule has 0 radical (unpaired) electrons. The molecule has 1 N–H and O–H groups in total. The van der Waals surface area contributed by atoms with Crippen molar-refractivity contribution in [2.75, 3.05) is 26.9 Å². The summed E-state index contributed by atoms with van der Waals surface area (Å²) in [5, 5.41) is 13.4. The lowest BCUT2D eigenvalue weighted by Crippen LogP contribution is -2.38. The van der Waals surface area contributed by atoms with Gasteiger partial charge in [0, 0.05) is 35.9 Å². The molecule has 9 nitrogen and oxygen atoms in total. The van der Waals surface area contributed by atoms with Gasteiger partial charge in [-0.25, -0.2) is 4.79 Å². The van der Waals surface area contributed by atoms with Crippen LogP contribution in [0.15, 0.2) is 36.5 Å². The van der Waals surface area contributed by atoms with Crippen molar-refractivity contribution in [1.29, 1.82) is 0 Å². The zero-order chi connectivity index (χ0) is 27.2. The Morgan fingerprint density at radius 2 is 1.92 bits per heavy atom. The van der Waals surface area contributed by atoms with E-state index in [0.717, 1.165) is 16.8 Å². The second-order valence-electron chi connectivity index (χ2n) is 8.85. The number of hydrogen-bond donors (Lipinski definition) is 1. The molecule has 3 heterocycles. The fourth-order valence-electron chi connectivity index (χ4n) is 4.86. The topological polar surface area (TPSA) is 103 Å². The van der Waals surface area contributed by atoms with Crippen LogP contribution in [0.5, 0.6) is 17.2 Å². The Kier molecular flexibility index (Phi) is 6.41. The highest BCUT2D eigenvalue weighted by molar-refractivity contribution is 6.03. The van der Waals surface area contributed by atoms with Crippen molar-refractivity contribution < 1.29 is 42.1 Å². The molecular formula is C26H24F3N3O6. The molecule has 1 aromatic heterocycles. The molecule has 1 amide bonds. The maximum atomic E-state index is 13.9. The smallest absolute Gasteiger partial charge is 0.435 e. The number of aryl methyl sites for hydroxylation is 1. The van der Waals surface area contributed by atoms with Gasteiger partial charge in [0.15, 0.2) is 5.69 Å². The number of fused-ring (bicyclic) bond motifs is 2. The Hall–Kier alpha value is -4.22. The monoisotopic (exact) mass is 531 g/mol. The van der Waals surface area contributed by atoms with Crippen molar-refractivity contribution >= 4 is 11.9 Å². The first-order valence-corrected chi connectivity index (χ1v) is 11.9. The average Bonchev–Trinajstić information content (AvgIpc) is 3.28. The first-order chi connectivity index (χ1) is 18.1. The van der Waals surface area contributed by atoms with Gasteiger partial charge in [-0.05, 0) is 37.3 Å². The fourth-order valence-corrected chi connectivity index (χ4v) is 4.86. The molecule has 1 unspecified atom stereocenters. The lowest BCUT2D eigenvalue weighted by atomic mass is 9.95. The van der Waals surface area contributed by atoms with Crippen molar-refractivity contribution in [3.8, 4) is 28.4 Å². The quantitative estimate of drug-likeness (QED) is 0.511. The van der Waals surface area contributed by atoms with Gasteiger partial charge in [-0.2, -0.15) is 18.3 Å². The maximum Gasteiger partial charge on any atom is 0.435 e. The highest BCUT2D eigenvalue weighted by Crippen LogP contribution is 2.45. The van der Waals surface area contributed by atoms with E-state index in [0.29, 0.717) is 30.1 Å². The highest BCUT2D eigenvalue weighted by atomic mass is 19.4. The van der Waals surface area contributed by atoms with Crippen molar-refractivity contribution in [2.45, 2.75) is 32.1 Å². The third kappa shape index (κ3) is 4.39. The maximum absolute atomic E-state index is 13.9. The van der Waals surface area contributed by atoms with Gasteiger partial charge >= 0.3 is 12.1 Å². The van der Waals surface area contributed by atoms with Crippen LogP contribution in [0.4, 0.5) is 13.2 Å². The summed E-state index contributed by atoms with van der Waals surface area (Å²) in [7, 11) is 1.52. The molecule has 0 saturated carbocycles. The number of amides is 1. The van der Waals surface area contributed by atoms with E-state index < -0.39 is 29.8 Å². The number of hydrogen-bond acceptors (Lipinski definition) is 6. The number of ether oxygens (including phenoxy) is 3. The molecule has 12 heteroatoms. The Bertz CT molecular complexity index is 1420. The molecule has 0 spiro atoms. The molecule has 0 fully saturated rings. The van der Waals surface area contributed by atoms with E-state index >= 15 is 0 Å². The van der Waals surface area contributed by atoms with E-state index in [2.05, 4.69) is 5.10 Å². The summed E-state index contributed by atoms with van der Waals surface area (Å²) in [6.07, 6.45) is -3.18. The number of methoxy groups -OCH3 is 1. The standard InChI is InChI=1S/C26H24F3N3O6/c1-3-31-13-19(23(30-31)26(27,28)29)16-10-14(25(34)35)11-18-22(16)38-9-7-32(24(18)33)20-6-8-37-21-5-4-15(36-2)12-17(20)21/h4-5,10-13,20H,3,6-9H2,1-2H3,(H,34,35). The predicted molar refractivity (Wildman–Crippen MR) is 128 cm³/mol. The van der Waals surface area contributed by atoms with E-state index in [1.807, 2.05) is 0 Å². The van der Waals surface area contributed by atoms with Crippen molar-refractivity contribution in [3.63, 3.8) is 0 Å². The van der Waals surface area contributed by atoms with Gasteiger partial charge in [0.2, 0.25) is 0 Å². The van der Waals surface area contributed by atoms with Crippen LogP contribution < -0.4 is 14.2 Å². The van der Waals surface area contributed by atoms with Gasteiger partial charge in [-0.3, -0.25) is 9.48 Å². The summed E-state index contributed by atoms with van der Waals surface area (Å²) in [5.41, 5.74) is -1.47. The van der Waals surface area contributed by atoms with Crippen LogP contribution in [0.3, 0.4) is 0 Å². The number of rotatable bonds is 5. The van der Waals surface area contributed by atoms with Crippen molar-refractivity contribution in [1.82, 2.24) is 14.7 Å². The third-order valence-electron chi connectivity index (χ3n) is 6.65. The molecule has 38 heavy (non-hydrogen) atoms. The Labute approximate surface area is 215 Å². The Morgan fingerprint density at radius 1 is 1.16 bits per heavy atom. The summed E-state index contributed by atoms with van der Waals surface area (Å²) in [6, 6.07) is 7.05. The summed E-state index contributed by atoms with van der Waals surface area (Å²) in [6.45, 7) is 2.23. The van der Waals surface area contributed by atoms with Gasteiger partial charge in [0.05, 0.1) is 37.4 Å². The molecule has 1 atom stereocenters. The zero-order valence-electron chi connectivity index (χ0n) is 20.5. The average molecular weight is 531 g/mol. The lowest BCUT2D eigenvalue weighted by Gasteiger charge is -2.35. The van der Waals surface area contributed by atoms with E-state index in [1.165, 1.54) is 13.3 Å². The number of benzene rings is 2. The van der Waals surface area contributed by atoms with E-state index in [1.54, 1.807) is 30.0 Å². The minimum atomic E-state index is -4.81. The molecule has 0 aliphatic carbocycles. The second kappa shape index (κ2) is 9.58. The Balaban J connectivity index is 1.66. The SMILES string of the molecule is CCn1cc(-c2cc(C(=O)O)cc3c2OCCN(C2CCOc4ccc(OC)cc42)C3=O)c(C(F)(F)F)n1. The second-order valence-corrected chi connectivity index (χ2v) is 8.85. The van der Waals surface area contributed by atoms with Crippen LogP contribution in [-0.4, -0.2) is 58.5 Å². The number of carbonyl (C=O) groups excluding carboxylic acids is 1. The molecule has 0 bridgehead atoms. The molecule has 200 valence electrons. The van der Waals surface area contributed by atoms with Gasteiger partial charge in [-0.1, -0.05) is 0 Å². The molecule has 2 aliphatic heterocycles. The van der Waals surface area contributed by atoms with E-state index in [9.17, 15) is 27.9 Å². The number of nitrogens with zero attached hydrogens (tertiary/aromatic N) is 3. The number of alkyl halides is 3. The van der Waals surface area contributed by atoms with Crippen LogP contribution >= 0.6 is 0 Å². The fraction of sp³-hybridized carbons (Fsp3) is 0.346. The minimum Gasteiger partial charge on any atom is -0.497 e. The number of carboxylic acids is 1. The third-order valence-corrected chi connectivity index (χ3v) is 6.65. The molecule has 0 saturated heterocycles. The summed E-state index contributed by atoms with van der Waals surface area (Å²) in [4.78, 5) is 27.5. The summed E-state index contributed by atoms with van der Waals surface area (Å²) < 4.78 is 59.8. The molecule has 5 rings (SSSR count). The number of carboxylic acid groups (broad SMARTS) is 1. The van der Waals surface area contributed by atoms with Crippen LogP contribution in [0.25, 0.3) is 11.1 Å². The highest BCUT2D eigenvalue weighted by Gasteiger charge is 2.40. The van der Waals surface area contributed by atoms with Crippen LogP contribution in [0, 0.1) is 0 Å². The zero-order valence-corrected chi connectivity index (χ0v) is 20.5. The first kappa shape index (κ1) is 25.4. The minimum absolute atomic E-state index is 0.0158. The molecular weight excluding hydrogens is 507 g/mol. The van der Waals surface area contributed by atoms with Crippen molar-refractivity contribution in [2.24, 2.45) is 0 Å². The number of aromatic carboxylic acids is 1. The van der Waals surface area contributed by atoms with Crippen molar-refractivity contribution in [3.05, 3.63) is 58.9 Å². The van der Waals surface area contributed by atoms with Gasteiger partial charge in [-0.15, -0.1) is 0 Å². The van der Waals surface area contributed by atoms with Gasteiger partial charge in [0.1, 0.15) is 23.9 Å². The Morgan fingerprint density at radius 3 is 2.61 bits per heavy atom. The van der Waals surface area contributed by atoms with E-state index in [4.69, 9.17) is 14.2 Å².